The highest BCUT2D eigenvalue weighted by Gasteiger charge is 2.01. The minimum atomic E-state index is 0.582. The monoisotopic (exact) mass is 277 g/mol. The van der Waals surface area contributed by atoms with E-state index in [9.17, 15) is 0 Å². The van der Waals surface area contributed by atoms with Crippen LogP contribution in [0.4, 0.5) is 0 Å². The third-order valence-electron chi connectivity index (χ3n) is 2.71. The van der Waals surface area contributed by atoms with Crippen LogP contribution in [-0.2, 0) is 5.75 Å². The zero-order chi connectivity index (χ0) is 13.0. The summed E-state index contributed by atoms with van der Waals surface area (Å²) in [6, 6.07) is 12.4. The van der Waals surface area contributed by atoms with Crippen LogP contribution < -0.4 is 0 Å². The number of pyridine rings is 1. The van der Waals surface area contributed by atoms with E-state index in [-0.39, 0.29) is 0 Å². The summed E-state index contributed by atoms with van der Waals surface area (Å²) in [7, 11) is 0. The standard InChI is InChI=1S/C15H16ClNS/c1-11(2)12-3-5-15(6-4-12)18-10-14-9-13(16)7-8-17-14/h3-9,11H,10H2,1-2H3. The van der Waals surface area contributed by atoms with Crippen LogP contribution in [0.15, 0.2) is 47.5 Å². The van der Waals surface area contributed by atoms with Crippen molar-refractivity contribution in [3.8, 4) is 0 Å². The van der Waals surface area contributed by atoms with Crippen molar-refractivity contribution in [2.24, 2.45) is 0 Å². The lowest BCUT2D eigenvalue weighted by atomic mass is 10.0. The first-order valence-corrected chi connectivity index (χ1v) is 7.34. The van der Waals surface area contributed by atoms with Crippen molar-refractivity contribution < 1.29 is 0 Å². The number of hydrogen-bond acceptors (Lipinski definition) is 2. The topological polar surface area (TPSA) is 12.9 Å². The van der Waals surface area contributed by atoms with Crippen molar-refractivity contribution >= 4 is 23.4 Å². The van der Waals surface area contributed by atoms with Crippen LogP contribution >= 0.6 is 23.4 Å². The number of rotatable bonds is 4. The van der Waals surface area contributed by atoms with Crippen LogP contribution in [0.5, 0.6) is 0 Å². The van der Waals surface area contributed by atoms with Gasteiger partial charge >= 0.3 is 0 Å². The lowest BCUT2D eigenvalue weighted by Crippen LogP contribution is -1.87. The molecule has 0 saturated heterocycles. The van der Waals surface area contributed by atoms with Gasteiger partial charge < -0.3 is 0 Å². The Morgan fingerprint density at radius 3 is 2.50 bits per heavy atom. The van der Waals surface area contributed by atoms with E-state index in [0.717, 1.165) is 16.5 Å². The largest absolute Gasteiger partial charge is 0.260 e. The van der Waals surface area contributed by atoms with Crippen molar-refractivity contribution in [3.05, 3.63) is 58.9 Å². The van der Waals surface area contributed by atoms with E-state index in [1.165, 1.54) is 10.5 Å². The molecule has 2 aromatic rings. The number of nitrogens with zero attached hydrogens (tertiary/aromatic N) is 1. The van der Waals surface area contributed by atoms with Crippen molar-refractivity contribution in [3.63, 3.8) is 0 Å². The number of hydrogen-bond donors (Lipinski definition) is 0. The quantitative estimate of drug-likeness (QED) is 0.717. The Bertz CT molecular complexity index is 508. The van der Waals surface area contributed by atoms with Gasteiger partial charge in [-0.05, 0) is 35.7 Å². The maximum Gasteiger partial charge on any atom is 0.0521 e. The van der Waals surface area contributed by atoms with Gasteiger partial charge in [0.1, 0.15) is 0 Å². The van der Waals surface area contributed by atoms with Gasteiger partial charge in [0.15, 0.2) is 0 Å². The highest BCUT2D eigenvalue weighted by atomic mass is 35.5. The minimum absolute atomic E-state index is 0.582. The molecule has 0 radical (unpaired) electrons. The van der Waals surface area contributed by atoms with E-state index in [1.807, 2.05) is 6.07 Å². The Kier molecular flexibility index (Phi) is 4.67. The Morgan fingerprint density at radius 1 is 1.17 bits per heavy atom. The zero-order valence-corrected chi connectivity index (χ0v) is 12.1. The van der Waals surface area contributed by atoms with Crippen LogP contribution in [0.2, 0.25) is 5.02 Å². The summed E-state index contributed by atoms with van der Waals surface area (Å²) in [5.74, 6) is 1.43. The van der Waals surface area contributed by atoms with E-state index >= 15 is 0 Å². The van der Waals surface area contributed by atoms with E-state index in [1.54, 1.807) is 24.0 Å². The summed E-state index contributed by atoms with van der Waals surface area (Å²) in [6.07, 6.45) is 1.75. The summed E-state index contributed by atoms with van der Waals surface area (Å²) in [5, 5.41) is 0.746. The Hall–Kier alpha value is -0.990. The van der Waals surface area contributed by atoms with E-state index in [2.05, 4.69) is 43.1 Å². The molecule has 2 rings (SSSR count). The molecule has 0 unspecified atom stereocenters. The van der Waals surface area contributed by atoms with Gasteiger partial charge in [0.25, 0.3) is 0 Å². The number of benzene rings is 1. The first kappa shape index (κ1) is 13.4. The molecular formula is C15H16ClNS. The molecule has 1 aromatic carbocycles. The van der Waals surface area contributed by atoms with Gasteiger partial charge in [0, 0.05) is 21.9 Å². The van der Waals surface area contributed by atoms with E-state index in [0.29, 0.717) is 5.92 Å². The summed E-state index contributed by atoms with van der Waals surface area (Å²) < 4.78 is 0. The summed E-state index contributed by atoms with van der Waals surface area (Å²) >= 11 is 7.71. The molecule has 1 heterocycles. The molecule has 0 bridgehead atoms. The molecule has 0 atom stereocenters. The van der Waals surface area contributed by atoms with Gasteiger partial charge in [0.05, 0.1) is 5.69 Å². The van der Waals surface area contributed by atoms with Crippen LogP contribution in [0.3, 0.4) is 0 Å². The molecule has 0 spiro atoms. The third kappa shape index (κ3) is 3.76. The van der Waals surface area contributed by atoms with E-state index in [4.69, 9.17) is 11.6 Å². The fraction of sp³-hybridized carbons (Fsp3) is 0.267. The van der Waals surface area contributed by atoms with Crippen molar-refractivity contribution in [2.45, 2.75) is 30.4 Å². The van der Waals surface area contributed by atoms with Crippen LogP contribution in [0, 0.1) is 0 Å². The SMILES string of the molecule is CC(C)c1ccc(SCc2cc(Cl)ccn2)cc1. The molecule has 0 aliphatic carbocycles. The van der Waals surface area contributed by atoms with Gasteiger partial charge in [-0.2, -0.15) is 0 Å². The van der Waals surface area contributed by atoms with Gasteiger partial charge in [-0.3, -0.25) is 4.98 Å². The lowest BCUT2D eigenvalue weighted by Gasteiger charge is -2.06. The summed E-state index contributed by atoms with van der Waals surface area (Å²) in [4.78, 5) is 5.56. The maximum atomic E-state index is 5.93. The lowest BCUT2D eigenvalue weighted by molar-refractivity contribution is 0.865. The first-order chi connectivity index (χ1) is 8.65. The highest BCUT2D eigenvalue weighted by molar-refractivity contribution is 7.98. The molecule has 1 aromatic heterocycles. The Balaban J connectivity index is 1.98. The fourth-order valence-electron chi connectivity index (χ4n) is 1.63. The molecule has 94 valence electrons. The second-order valence-electron chi connectivity index (χ2n) is 4.48. The van der Waals surface area contributed by atoms with Gasteiger partial charge in [-0.1, -0.05) is 37.6 Å². The average molecular weight is 278 g/mol. The molecule has 1 nitrogen and oxygen atoms in total. The summed E-state index contributed by atoms with van der Waals surface area (Å²) in [5.41, 5.74) is 2.39. The molecule has 0 saturated carbocycles. The Morgan fingerprint density at radius 2 is 1.89 bits per heavy atom. The smallest absolute Gasteiger partial charge is 0.0521 e. The van der Waals surface area contributed by atoms with Crippen molar-refractivity contribution in [1.82, 2.24) is 4.98 Å². The fourth-order valence-corrected chi connectivity index (χ4v) is 2.62. The van der Waals surface area contributed by atoms with Crippen molar-refractivity contribution in [2.75, 3.05) is 0 Å². The molecule has 0 aliphatic rings. The summed E-state index contributed by atoms with van der Waals surface area (Å²) in [6.45, 7) is 4.41. The van der Waals surface area contributed by atoms with Crippen molar-refractivity contribution in [1.29, 1.82) is 0 Å². The molecule has 3 heteroatoms. The molecule has 0 fully saturated rings. The third-order valence-corrected chi connectivity index (χ3v) is 3.99. The zero-order valence-electron chi connectivity index (χ0n) is 10.6. The number of aromatic nitrogens is 1. The number of halogens is 1. The van der Waals surface area contributed by atoms with Crippen LogP contribution in [0.1, 0.15) is 31.0 Å². The molecular weight excluding hydrogens is 262 g/mol. The average Bonchev–Trinajstić information content (AvgIpc) is 2.37. The first-order valence-electron chi connectivity index (χ1n) is 5.98. The predicted molar refractivity (Wildman–Crippen MR) is 79.3 cm³/mol. The highest BCUT2D eigenvalue weighted by Crippen LogP contribution is 2.25. The van der Waals surface area contributed by atoms with Gasteiger partial charge in [0.2, 0.25) is 0 Å². The minimum Gasteiger partial charge on any atom is -0.260 e. The molecule has 0 amide bonds. The molecule has 18 heavy (non-hydrogen) atoms. The second-order valence-corrected chi connectivity index (χ2v) is 5.96. The van der Waals surface area contributed by atoms with Crippen LogP contribution in [-0.4, -0.2) is 4.98 Å². The predicted octanol–water partition coefficient (Wildman–Crippen LogP) is 5.15. The maximum absolute atomic E-state index is 5.93. The Labute approximate surface area is 118 Å². The van der Waals surface area contributed by atoms with Crippen LogP contribution in [0.25, 0.3) is 0 Å². The number of thioether (sulfide) groups is 1. The van der Waals surface area contributed by atoms with Gasteiger partial charge in [-0.15, -0.1) is 11.8 Å². The molecule has 0 N–H and O–H groups in total. The molecule has 0 aliphatic heterocycles. The normalized spacial score (nSPS) is 10.9. The van der Waals surface area contributed by atoms with E-state index < -0.39 is 0 Å². The second kappa shape index (κ2) is 6.26. The van der Waals surface area contributed by atoms with Gasteiger partial charge in [-0.25, -0.2) is 0 Å².